The fraction of sp³-hybridized carbons (Fsp3) is 0.194. The van der Waals surface area contributed by atoms with E-state index in [9.17, 15) is 8.42 Å². The Morgan fingerprint density at radius 3 is 1.92 bits per heavy atom. The van der Waals surface area contributed by atoms with Crippen molar-refractivity contribution in [1.82, 2.24) is 4.90 Å². The van der Waals surface area contributed by atoms with Crippen molar-refractivity contribution in [2.75, 3.05) is 11.9 Å². The molecule has 0 amide bonds. The normalized spacial score (nSPS) is 11.1. The Morgan fingerprint density at radius 2 is 1.41 bits per heavy atom. The SMILES string of the molecule is CCCCNc1cc(C(=S)N(Cc2ccccc2)Cc2ccccc2)cc(S(N)(=O)=O)c1Oc1ccccc1. The first kappa shape index (κ1) is 28.3. The summed E-state index contributed by atoms with van der Waals surface area (Å²) in [5.74, 6) is 0.662. The fourth-order valence-corrected chi connectivity index (χ4v) is 5.12. The second kappa shape index (κ2) is 13.4. The molecule has 0 saturated heterocycles. The van der Waals surface area contributed by atoms with Crippen LogP contribution >= 0.6 is 12.2 Å². The van der Waals surface area contributed by atoms with Crippen molar-refractivity contribution in [2.45, 2.75) is 37.8 Å². The molecule has 0 aliphatic heterocycles. The molecule has 8 heteroatoms. The van der Waals surface area contributed by atoms with E-state index in [-0.39, 0.29) is 10.6 Å². The van der Waals surface area contributed by atoms with E-state index in [0.29, 0.717) is 41.6 Å². The minimum atomic E-state index is -4.15. The van der Waals surface area contributed by atoms with Gasteiger partial charge in [0, 0.05) is 25.2 Å². The molecule has 0 bridgehead atoms. The number of hydrogen-bond donors (Lipinski definition) is 2. The number of ether oxygens (including phenoxy) is 1. The third-order valence-electron chi connectivity index (χ3n) is 6.14. The molecule has 0 aliphatic carbocycles. The zero-order valence-corrected chi connectivity index (χ0v) is 23.5. The Hall–Kier alpha value is -3.72. The molecule has 39 heavy (non-hydrogen) atoms. The van der Waals surface area contributed by atoms with Crippen LogP contribution < -0.4 is 15.2 Å². The van der Waals surface area contributed by atoms with Gasteiger partial charge in [0.2, 0.25) is 10.0 Å². The van der Waals surface area contributed by atoms with Crippen LogP contribution in [0.4, 0.5) is 5.69 Å². The Kier molecular flexibility index (Phi) is 9.70. The highest BCUT2D eigenvalue weighted by atomic mass is 32.2. The van der Waals surface area contributed by atoms with Gasteiger partial charge in [-0.2, -0.15) is 0 Å². The summed E-state index contributed by atoms with van der Waals surface area (Å²) < 4.78 is 31.8. The molecule has 0 heterocycles. The Morgan fingerprint density at radius 1 is 0.872 bits per heavy atom. The highest BCUT2D eigenvalue weighted by Crippen LogP contribution is 2.38. The lowest BCUT2D eigenvalue weighted by Gasteiger charge is -2.27. The van der Waals surface area contributed by atoms with Gasteiger partial charge in [-0.15, -0.1) is 0 Å². The minimum Gasteiger partial charge on any atom is -0.454 e. The average molecular weight is 560 g/mol. The van der Waals surface area contributed by atoms with Crippen molar-refractivity contribution in [3.05, 3.63) is 120 Å². The summed E-state index contributed by atoms with van der Waals surface area (Å²) in [6.45, 7) is 3.84. The van der Waals surface area contributed by atoms with E-state index < -0.39 is 10.0 Å². The van der Waals surface area contributed by atoms with Crippen LogP contribution in [0.1, 0.15) is 36.5 Å². The van der Waals surface area contributed by atoms with Crippen LogP contribution in [-0.4, -0.2) is 24.9 Å². The number of nitrogens with zero attached hydrogens (tertiary/aromatic N) is 1. The predicted molar refractivity (Wildman–Crippen MR) is 162 cm³/mol. The fourth-order valence-electron chi connectivity index (χ4n) is 4.17. The van der Waals surface area contributed by atoms with Crippen LogP contribution in [0.15, 0.2) is 108 Å². The molecule has 0 fully saturated rings. The molecule has 0 aliphatic rings. The number of benzene rings is 4. The maximum absolute atomic E-state index is 12.9. The molecule has 0 spiro atoms. The van der Waals surface area contributed by atoms with Gasteiger partial charge in [0.05, 0.1) is 5.69 Å². The molecule has 0 radical (unpaired) electrons. The highest BCUT2D eigenvalue weighted by Gasteiger charge is 2.24. The van der Waals surface area contributed by atoms with E-state index in [2.05, 4.69) is 17.1 Å². The summed E-state index contributed by atoms with van der Waals surface area (Å²) in [7, 11) is -4.15. The molecule has 4 rings (SSSR count). The lowest BCUT2D eigenvalue weighted by atomic mass is 10.1. The molecule has 4 aromatic rings. The van der Waals surface area contributed by atoms with Gasteiger partial charge in [-0.05, 0) is 41.8 Å². The Balaban J connectivity index is 1.79. The third-order valence-corrected chi connectivity index (χ3v) is 7.55. The lowest BCUT2D eigenvalue weighted by molar-refractivity contribution is 0.414. The van der Waals surface area contributed by atoms with Gasteiger partial charge >= 0.3 is 0 Å². The predicted octanol–water partition coefficient (Wildman–Crippen LogP) is 6.72. The second-order valence-corrected chi connectivity index (χ2v) is 11.1. The van der Waals surface area contributed by atoms with E-state index in [1.54, 1.807) is 12.1 Å². The molecule has 4 aromatic carbocycles. The lowest BCUT2D eigenvalue weighted by Crippen LogP contribution is -2.30. The largest absolute Gasteiger partial charge is 0.454 e. The topological polar surface area (TPSA) is 84.7 Å². The summed E-state index contributed by atoms with van der Waals surface area (Å²) >= 11 is 6.01. The number of unbranched alkanes of at least 4 members (excludes halogenated alkanes) is 1. The molecular formula is C31H33N3O3S2. The van der Waals surface area contributed by atoms with Crippen molar-refractivity contribution in [3.8, 4) is 11.5 Å². The van der Waals surface area contributed by atoms with Gasteiger partial charge < -0.3 is 15.0 Å². The molecule has 0 saturated carbocycles. The molecule has 0 unspecified atom stereocenters. The number of rotatable bonds is 12. The van der Waals surface area contributed by atoms with E-state index in [0.717, 1.165) is 24.0 Å². The van der Waals surface area contributed by atoms with Crippen LogP contribution in [0.2, 0.25) is 0 Å². The quantitative estimate of drug-likeness (QED) is 0.148. The number of hydrogen-bond acceptors (Lipinski definition) is 5. The zero-order chi connectivity index (χ0) is 27.7. The summed E-state index contributed by atoms with van der Waals surface area (Å²) in [4.78, 5) is 2.46. The van der Waals surface area contributed by atoms with Crippen LogP contribution in [0.3, 0.4) is 0 Å². The zero-order valence-electron chi connectivity index (χ0n) is 21.9. The van der Waals surface area contributed by atoms with Crippen molar-refractivity contribution < 1.29 is 13.2 Å². The van der Waals surface area contributed by atoms with Gasteiger partial charge in [-0.1, -0.05) is 104 Å². The minimum absolute atomic E-state index is 0.121. The van der Waals surface area contributed by atoms with E-state index in [1.165, 1.54) is 6.07 Å². The van der Waals surface area contributed by atoms with Gasteiger partial charge in [0.25, 0.3) is 0 Å². The van der Waals surface area contributed by atoms with Crippen LogP contribution in [0.25, 0.3) is 0 Å². The number of primary sulfonamides is 1. The van der Waals surface area contributed by atoms with Crippen molar-refractivity contribution in [2.24, 2.45) is 5.14 Å². The number of anilines is 1. The number of nitrogens with one attached hydrogen (secondary N) is 1. The van der Waals surface area contributed by atoms with Crippen molar-refractivity contribution in [3.63, 3.8) is 0 Å². The smallest absolute Gasteiger partial charge is 0.241 e. The summed E-state index contributed by atoms with van der Waals surface area (Å²) in [5.41, 5.74) is 3.27. The van der Waals surface area contributed by atoms with E-state index >= 15 is 0 Å². The first-order valence-corrected chi connectivity index (χ1v) is 14.9. The molecule has 0 atom stereocenters. The number of sulfonamides is 1. The van der Waals surface area contributed by atoms with Crippen molar-refractivity contribution >= 4 is 32.9 Å². The maximum Gasteiger partial charge on any atom is 0.241 e. The van der Waals surface area contributed by atoms with E-state index in [1.807, 2.05) is 84.9 Å². The van der Waals surface area contributed by atoms with Crippen molar-refractivity contribution in [1.29, 1.82) is 0 Å². The van der Waals surface area contributed by atoms with Gasteiger partial charge in [0.15, 0.2) is 5.75 Å². The Bertz CT molecular complexity index is 1440. The maximum atomic E-state index is 12.9. The van der Waals surface area contributed by atoms with Crippen LogP contribution in [0, 0.1) is 0 Å². The number of thiocarbonyl (C=S) groups is 1. The first-order chi connectivity index (χ1) is 18.8. The molecule has 202 valence electrons. The van der Waals surface area contributed by atoms with Crippen LogP contribution in [0.5, 0.6) is 11.5 Å². The Labute approximate surface area is 236 Å². The van der Waals surface area contributed by atoms with Gasteiger partial charge in [-0.25, -0.2) is 13.6 Å². The summed E-state index contributed by atoms with van der Waals surface area (Å²) in [5, 5.41) is 9.09. The first-order valence-electron chi connectivity index (χ1n) is 12.9. The van der Waals surface area contributed by atoms with Gasteiger partial charge in [-0.3, -0.25) is 0 Å². The standard InChI is InChI=1S/C31H33N3O3S2/c1-2-3-19-33-28-20-26(21-29(39(32,35)36)30(28)37-27-17-11-6-12-18-27)31(38)34(22-24-13-7-4-8-14-24)23-25-15-9-5-10-16-25/h4-18,20-21,33H,2-3,19,22-23H2,1H3,(H2,32,35,36). The van der Waals surface area contributed by atoms with Gasteiger partial charge in [0.1, 0.15) is 15.6 Å². The van der Waals surface area contributed by atoms with E-state index in [4.69, 9.17) is 22.1 Å². The molecule has 0 aromatic heterocycles. The summed E-state index contributed by atoms with van der Waals surface area (Å²) in [6, 6.07) is 32.5. The molecule has 6 nitrogen and oxygen atoms in total. The summed E-state index contributed by atoms with van der Waals surface area (Å²) in [6.07, 6.45) is 1.88. The molecule has 3 N–H and O–H groups in total. The number of nitrogens with two attached hydrogens (primary N) is 1. The molecular weight excluding hydrogens is 526 g/mol. The average Bonchev–Trinajstić information content (AvgIpc) is 2.94. The monoisotopic (exact) mass is 559 g/mol. The highest BCUT2D eigenvalue weighted by molar-refractivity contribution is 7.89. The second-order valence-electron chi connectivity index (χ2n) is 9.22. The third kappa shape index (κ3) is 7.89. The van der Waals surface area contributed by atoms with Crippen LogP contribution in [-0.2, 0) is 23.1 Å². The number of para-hydroxylation sites is 1.